The quantitative estimate of drug-likeness (QED) is 0.638. The third kappa shape index (κ3) is 2.84. The van der Waals surface area contributed by atoms with E-state index in [1.54, 1.807) is 31.2 Å². The van der Waals surface area contributed by atoms with E-state index in [2.05, 4.69) is 20.9 Å². The largest absolute Gasteiger partial charge is 0.434 e. The number of nitro groups is 1. The van der Waals surface area contributed by atoms with Crippen LogP contribution in [-0.4, -0.2) is 9.91 Å². The van der Waals surface area contributed by atoms with Crippen molar-refractivity contribution in [1.82, 2.24) is 4.98 Å². The van der Waals surface area contributed by atoms with Gasteiger partial charge in [0.1, 0.15) is 5.75 Å². The lowest BCUT2D eigenvalue weighted by Crippen LogP contribution is -1.96. The number of aryl methyl sites for hydroxylation is 1. The summed E-state index contributed by atoms with van der Waals surface area (Å²) in [6, 6.07) is 8.41. The lowest BCUT2D eigenvalue weighted by molar-refractivity contribution is -0.386. The summed E-state index contributed by atoms with van der Waals surface area (Å²) in [7, 11) is 0. The molecule has 2 rings (SSSR count). The molecule has 0 spiro atoms. The zero-order valence-corrected chi connectivity index (χ0v) is 11.0. The van der Waals surface area contributed by atoms with Crippen LogP contribution >= 0.6 is 15.9 Å². The fourth-order valence-electron chi connectivity index (χ4n) is 1.36. The molecule has 0 aliphatic rings. The van der Waals surface area contributed by atoms with Gasteiger partial charge in [0.25, 0.3) is 5.88 Å². The first-order chi connectivity index (χ1) is 8.56. The molecule has 6 heteroatoms. The van der Waals surface area contributed by atoms with Crippen LogP contribution in [0, 0.1) is 17.0 Å². The van der Waals surface area contributed by atoms with Gasteiger partial charge in [-0.15, -0.1) is 0 Å². The molecule has 18 heavy (non-hydrogen) atoms. The predicted molar refractivity (Wildman–Crippen MR) is 69.8 cm³/mol. The van der Waals surface area contributed by atoms with E-state index in [0.29, 0.717) is 11.3 Å². The zero-order valence-electron chi connectivity index (χ0n) is 9.46. The van der Waals surface area contributed by atoms with Gasteiger partial charge in [-0.2, -0.15) is 0 Å². The predicted octanol–water partition coefficient (Wildman–Crippen LogP) is 3.85. The zero-order chi connectivity index (χ0) is 13.1. The molecule has 0 atom stereocenters. The summed E-state index contributed by atoms with van der Waals surface area (Å²) >= 11 is 3.30. The van der Waals surface area contributed by atoms with Gasteiger partial charge >= 0.3 is 5.69 Å². The Morgan fingerprint density at radius 1 is 1.33 bits per heavy atom. The molecule has 1 heterocycles. The molecule has 0 unspecified atom stereocenters. The van der Waals surface area contributed by atoms with Gasteiger partial charge in [0.15, 0.2) is 0 Å². The maximum atomic E-state index is 10.9. The number of rotatable bonds is 3. The molecule has 0 amide bonds. The molecule has 0 saturated carbocycles. The minimum atomic E-state index is -0.506. The van der Waals surface area contributed by atoms with E-state index < -0.39 is 4.92 Å². The van der Waals surface area contributed by atoms with Crippen LogP contribution < -0.4 is 4.74 Å². The Labute approximate surface area is 112 Å². The van der Waals surface area contributed by atoms with Gasteiger partial charge in [-0.1, -0.05) is 15.9 Å². The molecule has 1 aromatic carbocycles. The third-order valence-corrected chi connectivity index (χ3v) is 2.72. The Morgan fingerprint density at radius 2 is 2.00 bits per heavy atom. The highest BCUT2D eigenvalue weighted by Crippen LogP contribution is 2.29. The maximum Gasteiger partial charge on any atom is 0.331 e. The van der Waals surface area contributed by atoms with E-state index in [4.69, 9.17) is 4.74 Å². The number of ether oxygens (including phenoxy) is 1. The highest BCUT2D eigenvalue weighted by molar-refractivity contribution is 9.10. The molecule has 0 bridgehead atoms. The van der Waals surface area contributed by atoms with Crippen molar-refractivity contribution in [3.8, 4) is 11.6 Å². The molecule has 0 radical (unpaired) electrons. The van der Waals surface area contributed by atoms with Crippen LogP contribution in [0.25, 0.3) is 0 Å². The first-order valence-electron chi connectivity index (χ1n) is 5.11. The molecule has 0 aliphatic carbocycles. The fourth-order valence-corrected chi connectivity index (χ4v) is 1.63. The highest BCUT2D eigenvalue weighted by atomic mass is 79.9. The van der Waals surface area contributed by atoms with Crippen LogP contribution in [-0.2, 0) is 0 Å². The Morgan fingerprint density at radius 3 is 2.61 bits per heavy atom. The molecule has 2 aromatic rings. The molecular formula is C12H9BrN2O3. The highest BCUT2D eigenvalue weighted by Gasteiger charge is 2.17. The molecule has 0 fully saturated rings. The van der Waals surface area contributed by atoms with Gasteiger partial charge in [0.2, 0.25) is 0 Å². The second-order valence-corrected chi connectivity index (χ2v) is 4.57. The van der Waals surface area contributed by atoms with Crippen molar-refractivity contribution in [2.75, 3.05) is 0 Å². The van der Waals surface area contributed by atoms with Crippen LogP contribution in [0.5, 0.6) is 11.6 Å². The minimum Gasteiger partial charge on any atom is -0.434 e. The van der Waals surface area contributed by atoms with Gasteiger partial charge in [-0.05, 0) is 36.8 Å². The van der Waals surface area contributed by atoms with E-state index >= 15 is 0 Å². The summed E-state index contributed by atoms with van der Waals surface area (Å²) in [6.07, 6.45) is 1.53. The van der Waals surface area contributed by atoms with Gasteiger partial charge in [-0.3, -0.25) is 10.1 Å². The molecule has 0 N–H and O–H groups in total. The molecule has 0 aliphatic heterocycles. The van der Waals surface area contributed by atoms with Gasteiger partial charge in [0.05, 0.1) is 4.92 Å². The monoisotopic (exact) mass is 308 g/mol. The number of hydrogen-bond acceptors (Lipinski definition) is 4. The molecule has 5 nitrogen and oxygen atoms in total. The third-order valence-electron chi connectivity index (χ3n) is 2.19. The van der Waals surface area contributed by atoms with E-state index in [9.17, 15) is 10.1 Å². The summed E-state index contributed by atoms with van der Waals surface area (Å²) < 4.78 is 6.31. The van der Waals surface area contributed by atoms with Crippen molar-refractivity contribution in [2.24, 2.45) is 0 Å². The number of aromatic nitrogens is 1. The van der Waals surface area contributed by atoms with Crippen molar-refractivity contribution in [2.45, 2.75) is 6.92 Å². The van der Waals surface area contributed by atoms with E-state index in [1.165, 1.54) is 12.3 Å². The van der Waals surface area contributed by atoms with Gasteiger partial charge in [0, 0.05) is 16.7 Å². The maximum absolute atomic E-state index is 10.9. The Kier molecular flexibility index (Phi) is 3.57. The Hall–Kier alpha value is -1.95. The standard InChI is InChI=1S/C12H9BrN2O3/c1-8-6-11(15(16)17)12(14-7-8)18-10-4-2-9(13)3-5-10/h2-7H,1H3. The lowest BCUT2D eigenvalue weighted by Gasteiger charge is -2.05. The summed E-state index contributed by atoms with van der Waals surface area (Å²) in [5, 5.41) is 10.9. The minimum absolute atomic E-state index is 0.00655. The number of pyridine rings is 1. The number of halogens is 1. The van der Waals surface area contributed by atoms with E-state index in [1.807, 2.05) is 0 Å². The molecular weight excluding hydrogens is 300 g/mol. The summed E-state index contributed by atoms with van der Waals surface area (Å²) in [6.45, 7) is 1.74. The van der Waals surface area contributed by atoms with Crippen LogP contribution in [0.15, 0.2) is 41.0 Å². The average molecular weight is 309 g/mol. The molecule has 1 aromatic heterocycles. The average Bonchev–Trinajstić information content (AvgIpc) is 2.34. The Balaban J connectivity index is 2.34. The lowest BCUT2D eigenvalue weighted by atomic mass is 10.3. The van der Waals surface area contributed by atoms with E-state index in [-0.39, 0.29) is 11.6 Å². The number of benzene rings is 1. The fraction of sp³-hybridized carbons (Fsp3) is 0.0833. The van der Waals surface area contributed by atoms with Gasteiger partial charge in [-0.25, -0.2) is 4.98 Å². The normalized spacial score (nSPS) is 10.1. The van der Waals surface area contributed by atoms with Crippen molar-refractivity contribution >= 4 is 21.6 Å². The van der Waals surface area contributed by atoms with Crippen LogP contribution in [0.4, 0.5) is 5.69 Å². The number of nitrogens with zero attached hydrogens (tertiary/aromatic N) is 2. The second-order valence-electron chi connectivity index (χ2n) is 3.65. The van der Waals surface area contributed by atoms with Crippen LogP contribution in [0.2, 0.25) is 0 Å². The Bertz CT molecular complexity index is 584. The van der Waals surface area contributed by atoms with Crippen molar-refractivity contribution in [3.05, 3.63) is 56.7 Å². The van der Waals surface area contributed by atoms with Crippen molar-refractivity contribution in [1.29, 1.82) is 0 Å². The summed E-state index contributed by atoms with van der Waals surface area (Å²) in [5.74, 6) is 0.491. The first kappa shape index (κ1) is 12.5. The smallest absolute Gasteiger partial charge is 0.331 e. The molecule has 0 saturated heterocycles. The second kappa shape index (κ2) is 5.14. The van der Waals surface area contributed by atoms with Crippen molar-refractivity contribution in [3.63, 3.8) is 0 Å². The van der Waals surface area contributed by atoms with E-state index in [0.717, 1.165) is 4.47 Å². The summed E-state index contributed by atoms with van der Waals surface area (Å²) in [5.41, 5.74) is 0.572. The van der Waals surface area contributed by atoms with Crippen LogP contribution in [0.1, 0.15) is 5.56 Å². The topological polar surface area (TPSA) is 65.3 Å². The van der Waals surface area contributed by atoms with Gasteiger partial charge < -0.3 is 4.74 Å². The number of hydrogen-bond donors (Lipinski definition) is 0. The van der Waals surface area contributed by atoms with Crippen molar-refractivity contribution < 1.29 is 9.66 Å². The first-order valence-corrected chi connectivity index (χ1v) is 5.90. The SMILES string of the molecule is Cc1cnc(Oc2ccc(Br)cc2)c([N+](=O)[O-])c1. The summed E-state index contributed by atoms with van der Waals surface area (Å²) in [4.78, 5) is 14.3. The molecule has 92 valence electrons. The van der Waals surface area contributed by atoms with Crippen LogP contribution in [0.3, 0.4) is 0 Å².